The van der Waals surface area contributed by atoms with Crippen LogP contribution in [0.15, 0.2) is 18.3 Å². The van der Waals surface area contributed by atoms with E-state index in [1.165, 1.54) is 0 Å². The van der Waals surface area contributed by atoms with E-state index in [0.717, 1.165) is 6.54 Å². The first-order valence-corrected chi connectivity index (χ1v) is 11.0. The van der Waals surface area contributed by atoms with Crippen LogP contribution in [0.4, 0.5) is 0 Å². The van der Waals surface area contributed by atoms with Gasteiger partial charge < -0.3 is 19.9 Å². The second kappa shape index (κ2) is 8.82. The van der Waals surface area contributed by atoms with E-state index in [1.54, 1.807) is 30.2 Å². The summed E-state index contributed by atoms with van der Waals surface area (Å²) in [6, 6.07) is 2.72. The zero-order valence-electron chi connectivity index (χ0n) is 18.4. The molecule has 1 aromatic rings. The van der Waals surface area contributed by atoms with Gasteiger partial charge in [-0.2, -0.15) is 0 Å². The van der Waals surface area contributed by atoms with Crippen LogP contribution in [0.5, 0.6) is 5.88 Å². The van der Waals surface area contributed by atoms with Crippen LogP contribution in [-0.2, 0) is 9.59 Å². The van der Waals surface area contributed by atoms with Crippen molar-refractivity contribution in [3.8, 4) is 5.88 Å². The molecule has 3 atom stereocenters. The van der Waals surface area contributed by atoms with Gasteiger partial charge in [0.2, 0.25) is 17.7 Å². The number of hydrogen-bond acceptors (Lipinski definition) is 6. The van der Waals surface area contributed by atoms with Gasteiger partial charge in [0.05, 0.1) is 12.1 Å². The van der Waals surface area contributed by atoms with Crippen LogP contribution in [-0.4, -0.2) is 94.9 Å². The van der Waals surface area contributed by atoms with Crippen molar-refractivity contribution in [1.29, 1.82) is 0 Å². The summed E-state index contributed by atoms with van der Waals surface area (Å²) in [6.07, 6.45) is 2.16. The summed E-state index contributed by atoms with van der Waals surface area (Å²) in [7, 11) is 0. The van der Waals surface area contributed by atoms with Gasteiger partial charge in [-0.05, 0) is 24.5 Å². The smallest absolute Gasteiger partial charge is 0.257 e. The van der Waals surface area contributed by atoms with Crippen molar-refractivity contribution in [2.45, 2.75) is 45.3 Å². The lowest BCUT2D eigenvalue weighted by atomic mass is 10.1. The Labute approximate surface area is 182 Å². The fourth-order valence-corrected chi connectivity index (χ4v) is 4.82. The molecule has 0 aromatic carbocycles. The van der Waals surface area contributed by atoms with Crippen LogP contribution >= 0.6 is 0 Å². The van der Waals surface area contributed by atoms with Crippen molar-refractivity contribution in [2.75, 3.05) is 39.3 Å². The third-order valence-electron chi connectivity index (χ3n) is 6.26. The van der Waals surface area contributed by atoms with E-state index in [9.17, 15) is 14.4 Å². The molecule has 168 valence electrons. The molecule has 0 unspecified atom stereocenters. The maximum absolute atomic E-state index is 13.6. The fourth-order valence-electron chi connectivity index (χ4n) is 4.82. The number of nitrogens with zero attached hydrogens (tertiary/aromatic N) is 4. The SMILES string of the molecule is CC(=O)N1CCN2C(=O)[C@@H]3C[C@@H](CN3CC(C)C)NC(=O)c3cccnc3OC[C@@H]2C1. The van der Waals surface area contributed by atoms with Gasteiger partial charge in [0, 0.05) is 51.9 Å². The number of carbonyl (C=O) groups is 3. The molecule has 3 amide bonds. The van der Waals surface area contributed by atoms with Gasteiger partial charge in [-0.3, -0.25) is 19.3 Å². The number of pyridine rings is 1. The lowest BCUT2D eigenvalue weighted by Gasteiger charge is -2.42. The van der Waals surface area contributed by atoms with E-state index in [-0.39, 0.29) is 48.3 Å². The second-order valence-electron chi connectivity index (χ2n) is 9.09. The zero-order chi connectivity index (χ0) is 22.1. The summed E-state index contributed by atoms with van der Waals surface area (Å²) in [5.41, 5.74) is 0.388. The minimum Gasteiger partial charge on any atom is -0.475 e. The molecule has 31 heavy (non-hydrogen) atoms. The summed E-state index contributed by atoms with van der Waals surface area (Å²) in [6.45, 7) is 8.81. The first kappa shape index (κ1) is 21.5. The van der Waals surface area contributed by atoms with Crippen LogP contribution in [0.1, 0.15) is 37.6 Å². The molecule has 2 saturated heterocycles. The molecular weight excluding hydrogens is 398 g/mol. The Balaban J connectivity index is 1.68. The van der Waals surface area contributed by atoms with Gasteiger partial charge in [0.25, 0.3) is 5.91 Å². The number of carbonyl (C=O) groups excluding carboxylic acids is 3. The van der Waals surface area contributed by atoms with E-state index in [4.69, 9.17) is 4.74 Å². The number of ether oxygens (including phenoxy) is 1. The maximum Gasteiger partial charge on any atom is 0.257 e. The summed E-state index contributed by atoms with van der Waals surface area (Å²) in [5.74, 6) is 0.451. The van der Waals surface area contributed by atoms with Crippen molar-refractivity contribution in [3.63, 3.8) is 0 Å². The fraction of sp³-hybridized carbons (Fsp3) is 0.636. The molecule has 9 heteroatoms. The predicted molar refractivity (Wildman–Crippen MR) is 114 cm³/mol. The van der Waals surface area contributed by atoms with Gasteiger partial charge in [0.15, 0.2) is 0 Å². The third kappa shape index (κ3) is 4.51. The molecule has 4 rings (SSSR count). The molecule has 3 aliphatic heterocycles. The Morgan fingerprint density at radius 3 is 2.84 bits per heavy atom. The Bertz CT molecular complexity index is 860. The highest BCUT2D eigenvalue weighted by Crippen LogP contribution is 2.26. The zero-order valence-corrected chi connectivity index (χ0v) is 18.4. The van der Waals surface area contributed by atoms with Gasteiger partial charge in [-0.1, -0.05) is 13.8 Å². The molecule has 0 aliphatic carbocycles. The topological polar surface area (TPSA) is 95.1 Å². The molecule has 1 aromatic heterocycles. The molecule has 3 aliphatic rings. The van der Waals surface area contributed by atoms with E-state index >= 15 is 0 Å². The normalized spacial score (nSPS) is 27.0. The maximum atomic E-state index is 13.6. The van der Waals surface area contributed by atoms with Crippen molar-refractivity contribution < 1.29 is 19.1 Å². The monoisotopic (exact) mass is 429 g/mol. The van der Waals surface area contributed by atoms with Crippen molar-refractivity contribution in [1.82, 2.24) is 25.0 Å². The van der Waals surface area contributed by atoms with Crippen LogP contribution in [0, 0.1) is 5.92 Å². The van der Waals surface area contributed by atoms with Crippen LogP contribution in [0.3, 0.4) is 0 Å². The molecule has 2 fully saturated rings. The summed E-state index contributed by atoms with van der Waals surface area (Å²) in [4.78, 5) is 48.6. The first-order chi connectivity index (χ1) is 14.8. The predicted octanol–water partition coefficient (Wildman–Crippen LogP) is 0.362. The van der Waals surface area contributed by atoms with Crippen molar-refractivity contribution in [2.24, 2.45) is 5.92 Å². The van der Waals surface area contributed by atoms with E-state index in [1.807, 2.05) is 4.90 Å². The average Bonchev–Trinajstić information content (AvgIpc) is 3.12. The molecule has 0 spiro atoms. The number of likely N-dealkylation sites (tertiary alicyclic amines) is 1. The Morgan fingerprint density at radius 1 is 1.29 bits per heavy atom. The molecule has 2 bridgehead atoms. The van der Waals surface area contributed by atoms with E-state index in [0.29, 0.717) is 44.1 Å². The molecular formula is C22H31N5O4. The minimum atomic E-state index is -0.289. The molecule has 1 N–H and O–H groups in total. The highest BCUT2D eigenvalue weighted by Gasteiger charge is 2.43. The number of aromatic nitrogens is 1. The quantitative estimate of drug-likeness (QED) is 0.730. The van der Waals surface area contributed by atoms with Crippen LogP contribution < -0.4 is 10.1 Å². The highest BCUT2D eigenvalue weighted by atomic mass is 16.5. The highest BCUT2D eigenvalue weighted by molar-refractivity contribution is 5.96. The summed E-state index contributed by atoms with van der Waals surface area (Å²) >= 11 is 0. The lowest BCUT2D eigenvalue weighted by molar-refractivity contribution is -0.146. The minimum absolute atomic E-state index is 0.0153. The third-order valence-corrected chi connectivity index (χ3v) is 6.26. The number of hydrogen-bond donors (Lipinski definition) is 1. The number of rotatable bonds is 2. The van der Waals surface area contributed by atoms with Gasteiger partial charge in [-0.25, -0.2) is 4.98 Å². The number of nitrogens with one attached hydrogen (secondary N) is 1. The summed E-state index contributed by atoms with van der Waals surface area (Å²) < 4.78 is 5.94. The van der Waals surface area contributed by atoms with Crippen molar-refractivity contribution in [3.05, 3.63) is 23.9 Å². The van der Waals surface area contributed by atoms with Crippen LogP contribution in [0.2, 0.25) is 0 Å². The molecule has 0 radical (unpaired) electrons. The van der Waals surface area contributed by atoms with Gasteiger partial charge in [0.1, 0.15) is 12.2 Å². The molecule has 9 nitrogen and oxygen atoms in total. The second-order valence-corrected chi connectivity index (χ2v) is 9.09. The van der Waals surface area contributed by atoms with Crippen molar-refractivity contribution >= 4 is 17.7 Å². The standard InChI is InChI=1S/C22H31N5O4/c1-14(2)10-26-11-16-9-19(26)22(30)27-8-7-25(15(3)28)12-17(27)13-31-21-18(20(29)24-16)5-4-6-23-21/h4-6,14,16-17,19H,7-13H2,1-3H3,(H,24,29)/t16-,17-,19-/m0/s1. The molecule has 4 heterocycles. The first-order valence-electron chi connectivity index (χ1n) is 11.0. The summed E-state index contributed by atoms with van der Waals surface area (Å²) in [5, 5.41) is 3.08. The van der Waals surface area contributed by atoms with Gasteiger partial charge in [-0.15, -0.1) is 0 Å². The molecule has 0 saturated carbocycles. The largest absolute Gasteiger partial charge is 0.475 e. The average molecular weight is 430 g/mol. The Morgan fingerprint density at radius 2 is 2.10 bits per heavy atom. The Kier molecular flexibility index (Phi) is 6.13. The van der Waals surface area contributed by atoms with E-state index in [2.05, 4.69) is 29.0 Å². The number of amides is 3. The van der Waals surface area contributed by atoms with Crippen LogP contribution in [0.25, 0.3) is 0 Å². The number of fused-ring (bicyclic) bond motifs is 4. The van der Waals surface area contributed by atoms with E-state index < -0.39 is 0 Å². The lowest BCUT2D eigenvalue weighted by Crippen LogP contribution is -2.61. The number of piperazine rings is 1. The van der Waals surface area contributed by atoms with Gasteiger partial charge >= 0.3 is 0 Å². The Hall–Kier alpha value is -2.68.